The van der Waals surface area contributed by atoms with E-state index in [-0.39, 0.29) is 18.9 Å². The summed E-state index contributed by atoms with van der Waals surface area (Å²) in [6.07, 6.45) is 1.73. The van der Waals surface area contributed by atoms with Crippen LogP contribution in [-0.2, 0) is 9.59 Å². The highest BCUT2D eigenvalue weighted by Crippen LogP contribution is 2.35. The zero-order valence-electron chi connectivity index (χ0n) is 13.6. The van der Waals surface area contributed by atoms with Crippen LogP contribution in [0.1, 0.15) is 12.0 Å². The summed E-state index contributed by atoms with van der Waals surface area (Å²) < 4.78 is 5.85. The lowest BCUT2D eigenvalue weighted by Gasteiger charge is -2.13. The summed E-state index contributed by atoms with van der Waals surface area (Å²) in [5.41, 5.74) is 1.59. The molecule has 2 aromatic rings. The predicted molar refractivity (Wildman–Crippen MR) is 106 cm³/mol. The molecule has 0 radical (unpaired) electrons. The van der Waals surface area contributed by atoms with Crippen LogP contribution in [0.3, 0.4) is 0 Å². The van der Waals surface area contributed by atoms with Gasteiger partial charge < -0.3 is 9.84 Å². The van der Waals surface area contributed by atoms with Crippen molar-refractivity contribution in [2.75, 3.05) is 11.5 Å². The van der Waals surface area contributed by atoms with E-state index in [0.717, 1.165) is 11.3 Å². The summed E-state index contributed by atoms with van der Waals surface area (Å²) in [5.74, 6) is -0.463. The van der Waals surface area contributed by atoms with Gasteiger partial charge in [-0.1, -0.05) is 54.3 Å². The topological polar surface area (TPSA) is 66.8 Å². The molecule has 3 rings (SSSR count). The number of carboxylic acid groups (broad SMARTS) is 1. The molecule has 1 heterocycles. The van der Waals surface area contributed by atoms with Gasteiger partial charge in [0.25, 0.3) is 5.91 Å². The van der Waals surface area contributed by atoms with E-state index in [2.05, 4.69) is 0 Å². The van der Waals surface area contributed by atoms with Gasteiger partial charge in [0.05, 0.1) is 23.6 Å². The van der Waals surface area contributed by atoms with Crippen molar-refractivity contribution in [2.45, 2.75) is 6.42 Å². The molecule has 1 saturated heterocycles. The van der Waals surface area contributed by atoms with E-state index in [4.69, 9.17) is 22.1 Å². The van der Waals surface area contributed by atoms with Crippen molar-refractivity contribution in [1.82, 2.24) is 0 Å². The summed E-state index contributed by atoms with van der Waals surface area (Å²) in [5, 5.41) is 8.61. The molecule has 1 N–H and O–H groups in total. The minimum absolute atomic E-state index is 0.0519. The molecular formula is C19H15NO4S2. The number of anilines is 1. The third kappa shape index (κ3) is 4.30. The lowest BCUT2D eigenvalue weighted by atomic mass is 10.2. The van der Waals surface area contributed by atoms with Gasteiger partial charge in [-0.05, 0) is 35.9 Å². The first kappa shape index (κ1) is 18.2. The minimum atomic E-state index is -0.901. The van der Waals surface area contributed by atoms with Crippen LogP contribution in [0, 0.1) is 0 Å². The van der Waals surface area contributed by atoms with Crippen molar-refractivity contribution >= 4 is 51.9 Å². The SMILES string of the molecule is O=C(O)CCOc1ccc(/C=C2/SC(=S)N(c3ccccc3)C2=O)cc1. The number of thioether (sulfide) groups is 1. The third-order valence-corrected chi connectivity index (χ3v) is 4.87. The minimum Gasteiger partial charge on any atom is -0.493 e. The van der Waals surface area contributed by atoms with Crippen molar-refractivity contribution in [3.8, 4) is 5.75 Å². The van der Waals surface area contributed by atoms with Gasteiger partial charge in [0.15, 0.2) is 4.32 Å². The van der Waals surface area contributed by atoms with E-state index in [1.54, 1.807) is 18.2 Å². The number of para-hydroxylation sites is 1. The zero-order valence-corrected chi connectivity index (χ0v) is 15.3. The fourth-order valence-electron chi connectivity index (χ4n) is 2.34. The first-order chi connectivity index (χ1) is 12.5. The number of ether oxygens (including phenoxy) is 1. The Labute approximate surface area is 160 Å². The molecule has 0 atom stereocenters. The van der Waals surface area contributed by atoms with Crippen LogP contribution in [0.5, 0.6) is 5.75 Å². The maximum atomic E-state index is 12.7. The number of nitrogens with zero attached hydrogens (tertiary/aromatic N) is 1. The van der Waals surface area contributed by atoms with Gasteiger partial charge in [-0.25, -0.2) is 0 Å². The normalized spacial score (nSPS) is 15.5. The highest BCUT2D eigenvalue weighted by Gasteiger charge is 2.33. The van der Waals surface area contributed by atoms with Gasteiger partial charge in [-0.2, -0.15) is 0 Å². The molecule has 1 amide bonds. The summed E-state index contributed by atoms with van der Waals surface area (Å²) in [6, 6.07) is 16.4. The monoisotopic (exact) mass is 385 g/mol. The largest absolute Gasteiger partial charge is 0.493 e. The number of rotatable bonds is 6. The number of carbonyl (C=O) groups is 2. The first-order valence-corrected chi connectivity index (χ1v) is 9.05. The third-order valence-electron chi connectivity index (χ3n) is 3.57. The Kier molecular flexibility index (Phi) is 5.70. The molecule has 0 aliphatic carbocycles. The highest BCUT2D eigenvalue weighted by atomic mass is 32.2. The van der Waals surface area contributed by atoms with Crippen molar-refractivity contribution < 1.29 is 19.4 Å². The Balaban J connectivity index is 1.71. The molecule has 1 aliphatic heterocycles. The van der Waals surface area contributed by atoms with Gasteiger partial charge in [0.2, 0.25) is 0 Å². The fraction of sp³-hybridized carbons (Fsp3) is 0.105. The van der Waals surface area contributed by atoms with Crippen LogP contribution in [0.2, 0.25) is 0 Å². The lowest BCUT2D eigenvalue weighted by molar-refractivity contribution is -0.137. The van der Waals surface area contributed by atoms with Crippen molar-refractivity contribution in [1.29, 1.82) is 0 Å². The van der Waals surface area contributed by atoms with Crippen LogP contribution < -0.4 is 9.64 Å². The lowest BCUT2D eigenvalue weighted by Crippen LogP contribution is -2.27. The van der Waals surface area contributed by atoms with Crippen LogP contribution in [0.15, 0.2) is 59.5 Å². The van der Waals surface area contributed by atoms with E-state index in [1.165, 1.54) is 16.7 Å². The number of thiocarbonyl (C=S) groups is 1. The number of aliphatic carboxylic acids is 1. The van der Waals surface area contributed by atoms with Gasteiger partial charge in [-0.15, -0.1) is 0 Å². The fourth-order valence-corrected chi connectivity index (χ4v) is 3.63. The highest BCUT2D eigenvalue weighted by molar-refractivity contribution is 8.27. The molecular weight excluding hydrogens is 370 g/mol. The quantitative estimate of drug-likeness (QED) is 0.600. The van der Waals surface area contributed by atoms with Gasteiger partial charge in [-0.3, -0.25) is 14.5 Å². The molecule has 132 valence electrons. The Morgan fingerprint density at radius 2 is 1.85 bits per heavy atom. The standard InChI is InChI=1S/C19H15NO4S2/c21-17(22)10-11-24-15-8-6-13(7-9-15)12-16-18(23)20(19(25)26-16)14-4-2-1-3-5-14/h1-9,12H,10-11H2,(H,21,22)/b16-12+. The molecule has 0 bridgehead atoms. The number of hydrogen-bond acceptors (Lipinski definition) is 5. The summed E-state index contributed by atoms with van der Waals surface area (Å²) in [7, 11) is 0. The van der Waals surface area contributed by atoms with E-state index in [0.29, 0.717) is 15.0 Å². The van der Waals surface area contributed by atoms with E-state index in [9.17, 15) is 9.59 Å². The van der Waals surface area contributed by atoms with Crippen molar-refractivity contribution in [2.24, 2.45) is 0 Å². The second kappa shape index (κ2) is 8.16. The molecule has 0 saturated carbocycles. The maximum absolute atomic E-state index is 12.7. The van der Waals surface area contributed by atoms with Crippen LogP contribution in [0.4, 0.5) is 5.69 Å². The molecule has 0 spiro atoms. The van der Waals surface area contributed by atoms with Crippen LogP contribution in [0.25, 0.3) is 6.08 Å². The van der Waals surface area contributed by atoms with E-state index in [1.807, 2.05) is 42.5 Å². The number of amides is 1. The van der Waals surface area contributed by atoms with Crippen molar-refractivity contribution in [3.63, 3.8) is 0 Å². The summed E-state index contributed by atoms with van der Waals surface area (Å²) in [4.78, 5) is 25.2. The molecule has 0 aromatic heterocycles. The average molecular weight is 385 g/mol. The Morgan fingerprint density at radius 1 is 1.15 bits per heavy atom. The number of carboxylic acids is 1. The second-order valence-corrected chi connectivity index (χ2v) is 7.09. The molecule has 5 nitrogen and oxygen atoms in total. The Hall–Kier alpha value is -2.64. The smallest absolute Gasteiger partial charge is 0.306 e. The first-order valence-electron chi connectivity index (χ1n) is 7.82. The molecule has 0 unspecified atom stereocenters. The van der Waals surface area contributed by atoms with Gasteiger partial charge in [0, 0.05) is 0 Å². The Bertz CT molecular complexity index is 863. The predicted octanol–water partition coefficient (Wildman–Crippen LogP) is 3.95. The molecule has 1 aliphatic rings. The molecule has 2 aromatic carbocycles. The van der Waals surface area contributed by atoms with E-state index >= 15 is 0 Å². The molecule has 26 heavy (non-hydrogen) atoms. The summed E-state index contributed by atoms with van der Waals surface area (Å²) >= 11 is 6.61. The van der Waals surface area contributed by atoms with Gasteiger partial charge >= 0.3 is 5.97 Å². The number of benzene rings is 2. The number of carbonyl (C=O) groups excluding carboxylic acids is 1. The van der Waals surface area contributed by atoms with Crippen molar-refractivity contribution in [3.05, 3.63) is 65.1 Å². The number of hydrogen-bond donors (Lipinski definition) is 1. The zero-order chi connectivity index (χ0) is 18.5. The molecule has 1 fully saturated rings. The maximum Gasteiger partial charge on any atom is 0.306 e. The molecule has 7 heteroatoms. The Morgan fingerprint density at radius 3 is 2.50 bits per heavy atom. The van der Waals surface area contributed by atoms with Crippen LogP contribution >= 0.6 is 24.0 Å². The van der Waals surface area contributed by atoms with Crippen LogP contribution in [-0.4, -0.2) is 27.9 Å². The average Bonchev–Trinajstić information content (AvgIpc) is 2.90. The van der Waals surface area contributed by atoms with Gasteiger partial charge in [0.1, 0.15) is 5.75 Å². The second-order valence-electron chi connectivity index (χ2n) is 5.41. The van der Waals surface area contributed by atoms with E-state index < -0.39 is 5.97 Å². The summed E-state index contributed by atoms with van der Waals surface area (Å²) in [6.45, 7) is 0.115.